The van der Waals surface area contributed by atoms with Gasteiger partial charge in [-0.15, -0.1) is 0 Å². The van der Waals surface area contributed by atoms with Crippen LogP contribution in [0.5, 0.6) is 0 Å². The average Bonchev–Trinajstić information content (AvgIpc) is 3.47. The molecule has 3 saturated carbocycles. The number of ether oxygens (including phenoxy) is 1. The number of nitrogens with zero attached hydrogens (tertiary/aromatic N) is 1. The number of alkyl carbamates (subject to hydrolysis) is 1. The first-order valence-electron chi connectivity index (χ1n) is 15.0. The molecule has 1 aromatic heterocycles. The van der Waals surface area contributed by atoms with Gasteiger partial charge in [-0.25, -0.2) is 9.59 Å². The Balaban J connectivity index is 1.05. The Hall–Kier alpha value is -2.12. The largest absolute Gasteiger partial charge is 0.446 e. The molecule has 3 N–H and O–H groups in total. The quantitative estimate of drug-likeness (QED) is 0.538. The molecule has 7 nitrogen and oxygen atoms in total. The Labute approximate surface area is 226 Å². The van der Waals surface area contributed by atoms with Gasteiger partial charge in [-0.1, -0.05) is 25.5 Å². The number of allylic oxidation sites excluding steroid dienone is 2. The van der Waals surface area contributed by atoms with Gasteiger partial charge < -0.3 is 20.2 Å². The lowest BCUT2D eigenvalue weighted by atomic mass is 9.46. The molecule has 38 heavy (non-hydrogen) atoms. The lowest BCUT2D eigenvalue weighted by Gasteiger charge is -2.59. The number of nitrogens with one attached hydrogen (secondary N) is 1. The first-order chi connectivity index (χ1) is 18.3. The van der Waals surface area contributed by atoms with Crippen molar-refractivity contribution in [2.24, 2.45) is 34.3 Å². The fraction of sp³-hybridized carbons (Fsp3) is 0.742. The molecule has 0 bridgehead atoms. The molecule has 8 atom stereocenters. The maximum Gasteiger partial charge on any atom is 0.407 e. The molecule has 5 aliphatic rings. The van der Waals surface area contributed by atoms with Crippen molar-refractivity contribution in [3.63, 3.8) is 0 Å². The number of amides is 1. The van der Waals surface area contributed by atoms with Crippen LogP contribution < -0.4 is 16.7 Å². The summed E-state index contributed by atoms with van der Waals surface area (Å²) >= 11 is 0. The van der Waals surface area contributed by atoms with Gasteiger partial charge in [-0.3, -0.25) is 4.90 Å². The van der Waals surface area contributed by atoms with Crippen LogP contribution in [0.1, 0.15) is 83.1 Å². The highest BCUT2D eigenvalue weighted by Crippen LogP contribution is 2.67. The topological polar surface area (TPSA) is 97.8 Å². The maximum absolute atomic E-state index is 12.5. The zero-order chi connectivity index (χ0) is 26.5. The minimum Gasteiger partial charge on any atom is -0.446 e. The van der Waals surface area contributed by atoms with Crippen LogP contribution >= 0.6 is 0 Å². The zero-order valence-electron chi connectivity index (χ0n) is 23.1. The summed E-state index contributed by atoms with van der Waals surface area (Å²) in [4.78, 5) is 26.4. The van der Waals surface area contributed by atoms with E-state index >= 15 is 0 Å². The number of nitrogens with two attached hydrogens (primary N) is 1. The number of carbonyl (C=O) groups excluding carboxylic acids is 1. The van der Waals surface area contributed by atoms with Crippen LogP contribution in [0.25, 0.3) is 0 Å². The standard InChI is InChI=1S/C31H45N3O4/c1-30-12-9-23(38-29(36)33-14-16-34-15-11-22(32)18-34)17-21(30)4-5-24-26-7-6-25(20-3-8-28(35)37-19-20)31(26,2)13-10-27(24)30/h3,7-8,19,21-25,27H,4-6,9-18,32H2,1-2H3,(H,33,36)/t21-,22-,23+,24+,25-,27+,30+,31-/m1/s1. The van der Waals surface area contributed by atoms with Crippen molar-refractivity contribution >= 4 is 6.09 Å². The number of carbonyl (C=O) groups is 1. The summed E-state index contributed by atoms with van der Waals surface area (Å²) in [7, 11) is 0. The fourth-order valence-corrected chi connectivity index (χ4v) is 9.30. The van der Waals surface area contributed by atoms with Crippen molar-refractivity contribution in [1.82, 2.24) is 10.2 Å². The molecule has 208 valence electrons. The highest BCUT2D eigenvalue weighted by Gasteiger charge is 2.58. The van der Waals surface area contributed by atoms with Gasteiger partial charge in [0.1, 0.15) is 6.10 Å². The fourth-order valence-electron chi connectivity index (χ4n) is 9.30. The third kappa shape index (κ3) is 4.64. The van der Waals surface area contributed by atoms with E-state index in [0.717, 1.165) is 57.3 Å². The lowest BCUT2D eigenvalue weighted by molar-refractivity contribution is -0.0842. The van der Waals surface area contributed by atoms with Gasteiger partial charge >= 0.3 is 11.7 Å². The van der Waals surface area contributed by atoms with Crippen LogP contribution in [0.3, 0.4) is 0 Å². The summed E-state index contributed by atoms with van der Waals surface area (Å²) in [5.74, 6) is 2.37. The van der Waals surface area contributed by atoms with Crippen LogP contribution in [0, 0.1) is 28.6 Å². The molecule has 0 aromatic carbocycles. The summed E-state index contributed by atoms with van der Waals surface area (Å²) < 4.78 is 11.2. The third-order valence-corrected chi connectivity index (χ3v) is 11.4. The first kappa shape index (κ1) is 26.1. The Bertz CT molecular complexity index is 1110. The Morgan fingerprint density at radius 2 is 2.05 bits per heavy atom. The zero-order valence-corrected chi connectivity index (χ0v) is 23.1. The van der Waals surface area contributed by atoms with Crippen molar-refractivity contribution in [3.05, 3.63) is 46.0 Å². The molecule has 1 aromatic rings. The molecule has 7 heteroatoms. The summed E-state index contributed by atoms with van der Waals surface area (Å²) in [6.45, 7) is 8.38. The predicted molar refractivity (Wildman–Crippen MR) is 147 cm³/mol. The van der Waals surface area contributed by atoms with Gasteiger partial charge in [0.25, 0.3) is 0 Å². The highest BCUT2D eigenvalue weighted by molar-refractivity contribution is 5.67. The van der Waals surface area contributed by atoms with Crippen LogP contribution in [0.4, 0.5) is 4.79 Å². The van der Waals surface area contributed by atoms with Gasteiger partial charge in [0.2, 0.25) is 0 Å². The molecule has 2 heterocycles. The minimum absolute atomic E-state index is 0.0292. The molecule has 4 aliphatic carbocycles. The molecular formula is C31H45N3O4. The SMILES string of the molecule is C[C@]12CC[C@H](OC(=O)NCCN3CC[C@@H](N)C3)C[C@H]1CC[C@H]1C3=CC[C@H](c4ccc(=O)oc4)[C@@]3(C)CC[C@@H]12. The molecular weight excluding hydrogens is 478 g/mol. The number of fused-ring (bicyclic) bond motifs is 5. The van der Waals surface area contributed by atoms with Crippen molar-refractivity contribution in [2.75, 3.05) is 26.2 Å². The Morgan fingerprint density at radius 1 is 1.18 bits per heavy atom. The third-order valence-electron chi connectivity index (χ3n) is 11.4. The summed E-state index contributed by atoms with van der Waals surface area (Å²) in [6.07, 6.45) is 14.1. The predicted octanol–water partition coefficient (Wildman–Crippen LogP) is 4.81. The van der Waals surface area contributed by atoms with E-state index in [1.54, 1.807) is 17.9 Å². The van der Waals surface area contributed by atoms with E-state index in [9.17, 15) is 9.59 Å². The van der Waals surface area contributed by atoms with E-state index in [2.05, 4.69) is 30.1 Å². The molecule has 4 fully saturated rings. The Kier molecular flexibility index (Phi) is 6.96. The van der Waals surface area contributed by atoms with Gasteiger partial charge in [0.05, 0.1) is 6.26 Å². The van der Waals surface area contributed by atoms with E-state index in [0.29, 0.717) is 35.6 Å². The van der Waals surface area contributed by atoms with Crippen molar-refractivity contribution in [2.45, 2.75) is 89.7 Å². The molecule has 1 aliphatic heterocycles. The van der Waals surface area contributed by atoms with Gasteiger partial charge in [-0.05, 0) is 110 Å². The lowest BCUT2D eigenvalue weighted by Crippen LogP contribution is -2.52. The van der Waals surface area contributed by atoms with Crippen LogP contribution in [0.15, 0.2) is 39.3 Å². The van der Waals surface area contributed by atoms with E-state index in [1.165, 1.54) is 25.7 Å². The van der Waals surface area contributed by atoms with E-state index < -0.39 is 0 Å². The number of hydrogen-bond donors (Lipinski definition) is 2. The monoisotopic (exact) mass is 523 g/mol. The number of rotatable bonds is 5. The van der Waals surface area contributed by atoms with Crippen LogP contribution in [-0.2, 0) is 4.74 Å². The summed E-state index contributed by atoms with van der Waals surface area (Å²) in [5.41, 5.74) is 9.01. The maximum atomic E-state index is 12.5. The Morgan fingerprint density at radius 3 is 2.82 bits per heavy atom. The van der Waals surface area contributed by atoms with E-state index in [4.69, 9.17) is 14.9 Å². The van der Waals surface area contributed by atoms with Crippen molar-refractivity contribution < 1.29 is 13.9 Å². The van der Waals surface area contributed by atoms with Crippen LogP contribution in [-0.4, -0.2) is 49.3 Å². The molecule has 0 radical (unpaired) electrons. The number of likely N-dealkylation sites (tertiary alicyclic amines) is 1. The molecule has 0 spiro atoms. The second-order valence-electron chi connectivity index (χ2n) is 13.4. The van der Waals surface area contributed by atoms with E-state index in [-0.39, 0.29) is 29.3 Å². The molecule has 1 saturated heterocycles. The second-order valence-corrected chi connectivity index (χ2v) is 13.4. The minimum atomic E-state index is -0.274. The van der Waals surface area contributed by atoms with Gasteiger partial charge in [-0.2, -0.15) is 0 Å². The molecule has 1 amide bonds. The molecule has 0 unspecified atom stereocenters. The van der Waals surface area contributed by atoms with E-state index in [1.807, 2.05) is 6.07 Å². The second kappa shape index (κ2) is 10.1. The molecule has 6 rings (SSSR count). The average molecular weight is 524 g/mol. The van der Waals surface area contributed by atoms with Crippen molar-refractivity contribution in [1.29, 1.82) is 0 Å². The smallest absolute Gasteiger partial charge is 0.407 e. The summed E-state index contributed by atoms with van der Waals surface area (Å²) in [6, 6.07) is 3.81. The normalized spacial score (nSPS) is 40.6. The van der Waals surface area contributed by atoms with Crippen LogP contribution in [0.2, 0.25) is 0 Å². The van der Waals surface area contributed by atoms with Gasteiger partial charge in [0.15, 0.2) is 0 Å². The number of hydrogen-bond acceptors (Lipinski definition) is 6. The van der Waals surface area contributed by atoms with Gasteiger partial charge in [0, 0.05) is 31.7 Å². The highest BCUT2D eigenvalue weighted by atomic mass is 16.6. The summed E-state index contributed by atoms with van der Waals surface area (Å²) in [5, 5.41) is 2.97. The first-order valence-corrected chi connectivity index (χ1v) is 15.0. The van der Waals surface area contributed by atoms with Crippen molar-refractivity contribution in [3.8, 4) is 0 Å².